The SMILES string of the molecule is CC(=O)SCCC=Cc1cccc(N)c1F. The van der Waals surface area contributed by atoms with Crippen LogP contribution in [0.25, 0.3) is 6.08 Å². The average Bonchev–Trinajstić information content (AvgIpc) is 2.23. The maximum absolute atomic E-state index is 13.4. The molecule has 2 nitrogen and oxygen atoms in total. The Morgan fingerprint density at radius 1 is 1.56 bits per heavy atom. The lowest BCUT2D eigenvalue weighted by atomic mass is 10.1. The van der Waals surface area contributed by atoms with Gasteiger partial charge in [0, 0.05) is 18.2 Å². The van der Waals surface area contributed by atoms with Gasteiger partial charge >= 0.3 is 0 Å². The Morgan fingerprint density at radius 2 is 2.31 bits per heavy atom. The molecule has 0 radical (unpaired) electrons. The predicted molar refractivity (Wildman–Crippen MR) is 67.6 cm³/mol. The van der Waals surface area contributed by atoms with Crippen LogP contribution in [0.4, 0.5) is 10.1 Å². The van der Waals surface area contributed by atoms with Gasteiger partial charge in [0.25, 0.3) is 0 Å². The third-order valence-corrected chi connectivity index (χ3v) is 2.79. The van der Waals surface area contributed by atoms with Gasteiger partial charge in [-0.3, -0.25) is 4.79 Å². The van der Waals surface area contributed by atoms with Crippen molar-refractivity contribution < 1.29 is 9.18 Å². The van der Waals surface area contributed by atoms with E-state index >= 15 is 0 Å². The van der Waals surface area contributed by atoms with Crippen LogP contribution in [0.15, 0.2) is 24.3 Å². The second kappa shape index (κ2) is 6.33. The van der Waals surface area contributed by atoms with Gasteiger partial charge in [0.1, 0.15) is 0 Å². The average molecular weight is 239 g/mol. The van der Waals surface area contributed by atoms with E-state index in [1.807, 2.05) is 6.08 Å². The number of allylic oxidation sites excluding steroid dienone is 1. The first-order chi connectivity index (χ1) is 7.61. The number of anilines is 1. The molecule has 16 heavy (non-hydrogen) atoms. The van der Waals surface area contributed by atoms with Crippen LogP contribution >= 0.6 is 11.8 Å². The van der Waals surface area contributed by atoms with E-state index in [-0.39, 0.29) is 10.8 Å². The third kappa shape index (κ3) is 4.06. The second-order valence-electron chi connectivity index (χ2n) is 3.28. The van der Waals surface area contributed by atoms with Crippen molar-refractivity contribution in [2.75, 3.05) is 11.5 Å². The number of rotatable bonds is 4. The molecule has 0 bridgehead atoms. The number of carbonyl (C=O) groups excluding carboxylic acids is 1. The molecule has 1 rings (SSSR count). The maximum Gasteiger partial charge on any atom is 0.185 e. The number of nitrogens with two attached hydrogens (primary N) is 1. The molecule has 0 fully saturated rings. The van der Waals surface area contributed by atoms with Gasteiger partial charge in [-0.15, -0.1) is 0 Å². The lowest BCUT2D eigenvalue weighted by Gasteiger charge is -1.99. The summed E-state index contributed by atoms with van der Waals surface area (Å²) in [6.45, 7) is 1.53. The van der Waals surface area contributed by atoms with Gasteiger partial charge in [-0.2, -0.15) is 0 Å². The van der Waals surface area contributed by atoms with Crippen LogP contribution in [-0.4, -0.2) is 10.9 Å². The van der Waals surface area contributed by atoms with Crippen molar-refractivity contribution in [1.29, 1.82) is 0 Å². The first-order valence-electron chi connectivity index (χ1n) is 4.95. The molecule has 0 heterocycles. The van der Waals surface area contributed by atoms with Gasteiger partial charge in [-0.25, -0.2) is 4.39 Å². The standard InChI is InChI=1S/C12H14FNOS/c1-9(15)16-8-3-2-5-10-6-4-7-11(14)12(10)13/h2,4-7H,3,8,14H2,1H3. The molecule has 0 spiro atoms. The molecule has 1 aromatic carbocycles. The van der Waals surface area contributed by atoms with E-state index in [4.69, 9.17) is 5.73 Å². The Bertz CT molecular complexity index is 404. The first kappa shape index (κ1) is 12.8. The van der Waals surface area contributed by atoms with Gasteiger partial charge in [0.15, 0.2) is 10.9 Å². The van der Waals surface area contributed by atoms with E-state index < -0.39 is 5.82 Å². The highest BCUT2D eigenvalue weighted by atomic mass is 32.2. The number of hydrogen-bond acceptors (Lipinski definition) is 3. The fourth-order valence-corrected chi connectivity index (χ4v) is 1.72. The predicted octanol–water partition coefficient (Wildman–Crippen LogP) is 3.09. The number of nitrogen functional groups attached to an aromatic ring is 1. The molecular formula is C12H14FNOS. The molecule has 0 aliphatic carbocycles. The highest BCUT2D eigenvalue weighted by Crippen LogP contribution is 2.16. The van der Waals surface area contributed by atoms with Crippen LogP contribution in [0.1, 0.15) is 18.9 Å². The topological polar surface area (TPSA) is 43.1 Å². The largest absolute Gasteiger partial charge is 0.396 e. The smallest absolute Gasteiger partial charge is 0.185 e. The van der Waals surface area contributed by atoms with E-state index in [1.165, 1.54) is 24.8 Å². The summed E-state index contributed by atoms with van der Waals surface area (Å²) in [6, 6.07) is 4.90. The van der Waals surface area contributed by atoms with Crippen molar-refractivity contribution >= 4 is 28.6 Å². The number of carbonyl (C=O) groups is 1. The summed E-state index contributed by atoms with van der Waals surface area (Å²) in [5, 5.41) is 0.100. The van der Waals surface area contributed by atoms with E-state index in [2.05, 4.69) is 0 Å². The summed E-state index contributed by atoms with van der Waals surface area (Å²) in [5.74, 6) is 0.327. The van der Waals surface area contributed by atoms with Gasteiger partial charge in [0.05, 0.1) is 5.69 Å². The molecule has 1 aromatic rings. The Balaban J connectivity index is 2.50. The van der Waals surface area contributed by atoms with E-state index in [1.54, 1.807) is 18.2 Å². The summed E-state index contributed by atoms with van der Waals surface area (Å²) < 4.78 is 13.4. The molecule has 0 aromatic heterocycles. The van der Waals surface area contributed by atoms with Crippen LogP contribution in [0.5, 0.6) is 0 Å². The number of benzene rings is 1. The fraction of sp³-hybridized carbons (Fsp3) is 0.250. The van der Waals surface area contributed by atoms with Crippen molar-refractivity contribution in [1.82, 2.24) is 0 Å². The van der Waals surface area contributed by atoms with E-state index in [0.717, 1.165) is 12.2 Å². The molecular weight excluding hydrogens is 225 g/mol. The fourth-order valence-electron chi connectivity index (χ4n) is 1.18. The van der Waals surface area contributed by atoms with Crippen LogP contribution < -0.4 is 5.73 Å². The molecule has 4 heteroatoms. The van der Waals surface area contributed by atoms with Gasteiger partial charge in [-0.1, -0.05) is 36.0 Å². The van der Waals surface area contributed by atoms with Gasteiger partial charge in [0.2, 0.25) is 0 Å². The monoisotopic (exact) mass is 239 g/mol. The summed E-state index contributed by atoms with van der Waals surface area (Å²) in [5.41, 5.74) is 6.07. The molecule has 0 amide bonds. The van der Waals surface area contributed by atoms with Crippen molar-refractivity contribution in [2.45, 2.75) is 13.3 Å². The zero-order chi connectivity index (χ0) is 12.0. The normalized spacial score (nSPS) is 10.9. The molecule has 0 unspecified atom stereocenters. The molecule has 0 aliphatic rings. The van der Waals surface area contributed by atoms with E-state index in [0.29, 0.717) is 5.56 Å². The summed E-state index contributed by atoms with van der Waals surface area (Å²) in [7, 11) is 0. The Labute approximate surface area is 98.7 Å². The molecule has 0 aliphatic heterocycles. The van der Waals surface area contributed by atoms with Crippen LogP contribution in [0, 0.1) is 5.82 Å². The highest BCUT2D eigenvalue weighted by molar-refractivity contribution is 8.13. The lowest BCUT2D eigenvalue weighted by molar-refractivity contribution is -0.109. The Morgan fingerprint density at radius 3 is 3.00 bits per heavy atom. The first-order valence-corrected chi connectivity index (χ1v) is 5.93. The van der Waals surface area contributed by atoms with Crippen molar-refractivity contribution in [3.63, 3.8) is 0 Å². The van der Waals surface area contributed by atoms with Crippen LogP contribution in [-0.2, 0) is 4.79 Å². The number of hydrogen-bond donors (Lipinski definition) is 1. The van der Waals surface area contributed by atoms with Crippen molar-refractivity contribution in [3.05, 3.63) is 35.7 Å². The zero-order valence-electron chi connectivity index (χ0n) is 9.07. The van der Waals surface area contributed by atoms with E-state index in [9.17, 15) is 9.18 Å². The van der Waals surface area contributed by atoms with Crippen LogP contribution in [0.3, 0.4) is 0 Å². The molecule has 0 saturated heterocycles. The van der Waals surface area contributed by atoms with Gasteiger partial charge < -0.3 is 5.73 Å². The van der Waals surface area contributed by atoms with Crippen molar-refractivity contribution in [3.8, 4) is 0 Å². The second-order valence-corrected chi connectivity index (χ2v) is 4.55. The van der Waals surface area contributed by atoms with Crippen molar-refractivity contribution in [2.24, 2.45) is 0 Å². The zero-order valence-corrected chi connectivity index (χ0v) is 9.89. The van der Waals surface area contributed by atoms with Crippen LogP contribution in [0.2, 0.25) is 0 Å². The molecule has 86 valence electrons. The summed E-state index contributed by atoms with van der Waals surface area (Å²) in [6.07, 6.45) is 4.26. The number of thioether (sulfide) groups is 1. The Hall–Kier alpha value is -1.29. The maximum atomic E-state index is 13.4. The quantitative estimate of drug-likeness (QED) is 0.648. The minimum absolute atomic E-state index is 0.100. The molecule has 2 N–H and O–H groups in total. The Kier molecular flexibility index (Phi) is 5.05. The molecule has 0 saturated carbocycles. The van der Waals surface area contributed by atoms with Gasteiger partial charge in [-0.05, 0) is 12.5 Å². The highest BCUT2D eigenvalue weighted by Gasteiger charge is 2.01. The summed E-state index contributed by atoms with van der Waals surface area (Å²) in [4.78, 5) is 10.6. The molecule has 0 atom stereocenters. The minimum atomic E-state index is -0.391. The summed E-state index contributed by atoms with van der Waals surface area (Å²) >= 11 is 1.27. The lowest BCUT2D eigenvalue weighted by Crippen LogP contribution is -1.92. The third-order valence-electron chi connectivity index (χ3n) is 1.95. The number of halogens is 1. The minimum Gasteiger partial charge on any atom is -0.396 e.